The third-order valence-corrected chi connectivity index (χ3v) is 15.3. The number of nitrogens with two attached hydrogens (primary N) is 1. The molecular formula is C59H97N9O11. The van der Waals surface area contributed by atoms with Gasteiger partial charge in [-0.25, -0.2) is 0 Å². The Kier molecular flexibility index (Phi) is 30.5. The van der Waals surface area contributed by atoms with Crippen LogP contribution in [0.5, 0.6) is 0 Å². The summed E-state index contributed by atoms with van der Waals surface area (Å²) >= 11 is 0. The SMILES string of the molecule is CC.CC(=O)C(NC(=O)C(C(C)C)N(C)CCCC(=O)N(C)NC(=O)CCCCCN1C(=O)C=CC1=O)C(C)C.CCC(C)C(C)C(CC(=O)N1CCCC1C(OC)C(C)C(=O)N[C@@H](Cc1c[nH]c2ccccc12)C(N)=O)OC. The maximum Gasteiger partial charge on any atom is 0.253 e. The number of primary amides is 1. The van der Waals surface area contributed by atoms with Crippen LogP contribution in [0, 0.1) is 29.6 Å². The van der Waals surface area contributed by atoms with Crippen LogP contribution in [0.2, 0.25) is 0 Å². The highest BCUT2D eigenvalue weighted by atomic mass is 16.5. The molecule has 20 heteroatoms. The lowest BCUT2D eigenvalue weighted by atomic mass is 9.87. The van der Waals surface area contributed by atoms with Gasteiger partial charge in [0.1, 0.15) is 6.04 Å². The summed E-state index contributed by atoms with van der Waals surface area (Å²) in [5, 5.41) is 7.88. The number of hydrogen-bond donors (Lipinski definition) is 5. The van der Waals surface area contributed by atoms with E-state index in [0.29, 0.717) is 57.7 Å². The van der Waals surface area contributed by atoms with Gasteiger partial charge in [0.15, 0.2) is 5.78 Å². The topological polar surface area (TPSA) is 263 Å². The van der Waals surface area contributed by atoms with Crippen molar-refractivity contribution in [3.8, 4) is 0 Å². The number of nitrogens with zero attached hydrogens (tertiary/aromatic N) is 4. The van der Waals surface area contributed by atoms with E-state index in [-0.39, 0.29) is 96.3 Å². The second-order valence-electron chi connectivity index (χ2n) is 21.6. The Morgan fingerprint density at radius 2 is 1.48 bits per heavy atom. The zero-order valence-corrected chi connectivity index (χ0v) is 50.1. The fraction of sp³-hybridized carbons (Fsp3) is 0.678. The van der Waals surface area contributed by atoms with E-state index in [1.807, 2.05) is 88.9 Å². The molecular weight excluding hydrogens is 1010 g/mol. The van der Waals surface area contributed by atoms with Crippen LogP contribution >= 0.6 is 0 Å². The lowest BCUT2D eigenvalue weighted by molar-refractivity contribution is -0.143. The molecule has 2 aromatic rings. The van der Waals surface area contributed by atoms with Crippen molar-refractivity contribution >= 4 is 63.9 Å². The molecule has 20 nitrogen and oxygen atoms in total. The number of rotatable bonds is 30. The molecule has 1 aromatic heterocycles. The van der Waals surface area contributed by atoms with Gasteiger partial charge in [0.25, 0.3) is 11.8 Å². The van der Waals surface area contributed by atoms with Crippen LogP contribution in [0.25, 0.3) is 10.9 Å². The fourth-order valence-corrected chi connectivity index (χ4v) is 10.3. The molecule has 2 aliphatic rings. The van der Waals surface area contributed by atoms with Gasteiger partial charge in [0.05, 0.1) is 42.7 Å². The van der Waals surface area contributed by atoms with Gasteiger partial charge in [-0.1, -0.05) is 100 Å². The van der Waals surface area contributed by atoms with E-state index in [4.69, 9.17) is 15.2 Å². The van der Waals surface area contributed by atoms with E-state index in [2.05, 4.69) is 41.8 Å². The van der Waals surface area contributed by atoms with Crippen molar-refractivity contribution < 1.29 is 52.6 Å². The number of nitrogens with one attached hydrogen (secondary N) is 4. The van der Waals surface area contributed by atoms with Crippen molar-refractivity contribution in [2.24, 2.45) is 35.3 Å². The first-order valence-electron chi connectivity index (χ1n) is 28.5. The van der Waals surface area contributed by atoms with Crippen molar-refractivity contribution in [3.63, 3.8) is 0 Å². The maximum atomic E-state index is 13.4. The number of Topliss-reactive ketones (excluding diaryl/α,β-unsaturated/α-hetero) is 1. The van der Waals surface area contributed by atoms with Crippen LogP contribution in [0.4, 0.5) is 0 Å². The molecule has 0 aliphatic carbocycles. The summed E-state index contributed by atoms with van der Waals surface area (Å²) in [6.07, 6.45) is 9.59. The molecule has 3 heterocycles. The number of carbonyl (C=O) groups excluding carboxylic acids is 9. The highest BCUT2D eigenvalue weighted by Crippen LogP contribution is 2.30. The minimum absolute atomic E-state index is 0.00503. The first-order chi connectivity index (χ1) is 37.4. The van der Waals surface area contributed by atoms with Gasteiger partial charge >= 0.3 is 0 Å². The number of hydrogen-bond acceptors (Lipinski definition) is 12. The fourth-order valence-electron chi connectivity index (χ4n) is 10.3. The predicted octanol–water partition coefficient (Wildman–Crippen LogP) is 5.86. The number of hydrazine groups is 1. The lowest BCUT2D eigenvalue weighted by Gasteiger charge is -2.35. The predicted molar refractivity (Wildman–Crippen MR) is 306 cm³/mol. The molecule has 1 fully saturated rings. The largest absolute Gasteiger partial charge is 0.381 e. The molecule has 1 aromatic carbocycles. The molecule has 0 bridgehead atoms. The first-order valence-corrected chi connectivity index (χ1v) is 28.5. The molecule has 8 unspecified atom stereocenters. The number of H-pyrrole nitrogens is 1. The summed E-state index contributed by atoms with van der Waals surface area (Å²) in [5.74, 6) is -2.27. The highest BCUT2D eigenvalue weighted by Gasteiger charge is 2.41. The van der Waals surface area contributed by atoms with Crippen molar-refractivity contribution in [3.05, 3.63) is 48.2 Å². The molecule has 4 rings (SSSR count). The van der Waals surface area contributed by atoms with Gasteiger partial charge in [0, 0.05) is 82.9 Å². The van der Waals surface area contributed by atoms with Gasteiger partial charge in [-0.3, -0.25) is 63.4 Å². The second kappa shape index (κ2) is 34.9. The van der Waals surface area contributed by atoms with Gasteiger partial charge < -0.3 is 35.7 Å². The number of likely N-dealkylation sites (N-methyl/N-ethyl adjacent to an activating group) is 1. The van der Waals surface area contributed by atoms with Crippen molar-refractivity contribution in [1.29, 1.82) is 0 Å². The number of benzene rings is 1. The Bertz CT molecular complexity index is 2320. The third-order valence-electron chi connectivity index (χ3n) is 15.3. The van der Waals surface area contributed by atoms with E-state index in [1.54, 1.807) is 21.1 Å². The molecule has 8 amide bonds. The van der Waals surface area contributed by atoms with Crippen LogP contribution in [-0.4, -0.2) is 162 Å². The average molecular weight is 1110 g/mol. The molecule has 1 saturated heterocycles. The molecule has 0 radical (unpaired) electrons. The van der Waals surface area contributed by atoms with E-state index in [9.17, 15) is 43.2 Å². The van der Waals surface area contributed by atoms with Crippen molar-refractivity contribution in [2.75, 3.05) is 47.9 Å². The number of amides is 8. The Morgan fingerprint density at radius 1 is 0.835 bits per heavy atom. The lowest BCUT2D eigenvalue weighted by Crippen LogP contribution is -2.54. The Hall–Kier alpha value is -5.99. The summed E-state index contributed by atoms with van der Waals surface area (Å²) in [4.78, 5) is 120. The minimum Gasteiger partial charge on any atom is -0.381 e. The first kappa shape index (κ1) is 69.1. The van der Waals surface area contributed by atoms with E-state index in [0.717, 1.165) is 35.7 Å². The minimum atomic E-state index is -0.873. The Balaban J connectivity index is 0.000000524. The maximum absolute atomic E-state index is 13.4. The van der Waals surface area contributed by atoms with E-state index in [1.165, 1.54) is 36.0 Å². The van der Waals surface area contributed by atoms with Crippen LogP contribution in [0.15, 0.2) is 42.6 Å². The summed E-state index contributed by atoms with van der Waals surface area (Å²) in [6, 6.07) is 5.69. The third kappa shape index (κ3) is 21.2. The number of methoxy groups -OCH3 is 2. The zero-order valence-electron chi connectivity index (χ0n) is 50.1. The molecule has 9 atom stereocenters. The summed E-state index contributed by atoms with van der Waals surface area (Å²) in [7, 11) is 6.55. The quantitative estimate of drug-likeness (QED) is 0.0350. The number of aromatic amines is 1. The number of imide groups is 1. The van der Waals surface area contributed by atoms with Crippen LogP contribution in [-0.2, 0) is 59.0 Å². The average Bonchev–Trinajstić information content (AvgIpc) is 4.18. The summed E-state index contributed by atoms with van der Waals surface area (Å²) in [6.45, 7) is 22.8. The number of unbranched alkanes of at least 4 members (excludes halogenated alkanes) is 2. The summed E-state index contributed by atoms with van der Waals surface area (Å²) < 4.78 is 11.6. The number of likely N-dealkylation sites (tertiary alicyclic amines) is 1. The number of carbonyl (C=O) groups is 9. The Morgan fingerprint density at radius 3 is 2.05 bits per heavy atom. The van der Waals surface area contributed by atoms with Crippen LogP contribution in [0.1, 0.15) is 146 Å². The van der Waals surface area contributed by atoms with Gasteiger partial charge in [-0.15, -0.1) is 0 Å². The van der Waals surface area contributed by atoms with Crippen molar-refractivity contribution in [1.82, 2.24) is 40.8 Å². The molecule has 0 saturated carbocycles. The summed E-state index contributed by atoms with van der Waals surface area (Å²) in [5.41, 5.74) is 10.1. The monoisotopic (exact) mass is 1110 g/mol. The van der Waals surface area contributed by atoms with Crippen molar-refractivity contribution in [2.45, 2.75) is 183 Å². The second-order valence-corrected chi connectivity index (χ2v) is 21.6. The van der Waals surface area contributed by atoms with Gasteiger partial charge in [-0.05, 0) is 87.9 Å². The molecule has 2 aliphatic heterocycles. The number of para-hydroxylation sites is 1. The molecule has 79 heavy (non-hydrogen) atoms. The molecule has 444 valence electrons. The molecule has 6 N–H and O–H groups in total. The number of ketones is 1. The number of aromatic nitrogens is 1. The standard InChI is InChI=1S/C30H46N4O5.C27H45N5O6.C2H6/c1-7-18(2)19(3)26(38-5)16-27(35)34-14-10-13-25(34)28(39-6)20(4)30(37)33-24(29(31)36)15-21-17-32-23-12-9-8-11-22(21)23;1-18(2)25(20(5)33)28-27(38)26(19(3)4)30(6)16-11-13-22(35)31(7)29-21(34)12-9-8-10-17-32-23(36)14-15-24(32)37;1-2/h8-9,11-12,17-20,24-26,28,32H,7,10,13-16H2,1-6H3,(H2,31,36)(H,33,37);14-15,18-19,25-26H,8-13,16-17H2,1-7H3,(H,28,38)(H,29,34);1-2H3/t18?,19?,20?,24-,25?,26?,28?;;/m0../s1. The van der Waals surface area contributed by atoms with Gasteiger partial charge in [-0.2, -0.15) is 0 Å². The Labute approximate surface area is 470 Å². The zero-order chi connectivity index (χ0) is 59.7. The normalized spacial score (nSPS) is 17.2. The van der Waals surface area contributed by atoms with Gasteiger partial charge in [0.2, 0.25) is 35.4 Å². The van der Waals surface area contributed by atoms with E-state index >= 15 is 0 Å². The number of fused-ring (bicyclic) bond motifs is 1. The highest BCUT2D eigenvalue weighted by molar-refractivity contribution is 6.12. The van der Waals surface area contributed by atoms with Crippen LogP contribution in [0.3, 0.4) is 0 Å². The van der Waals surface area contributed by atoms with Crippen LogP contribution < -0.4 is 21.8 Å². The van der Waals surface area contributed by atoms with E-state index < -0.39 is 36.1 Å². The smallest absolute Gasteiger partial charge is 0.253 e. The number of ether oxygens (including phenoxy) is 2. The molecule has 0 spiro atoms.